The molecule has 0 saturated heterocycles. The maximum Gasteiger partial charge on any atom is 0.416 e. The van der Waals surface area contributed by atoms with E-state index in [-0.39, 0.29) is 11.3 Å². The first-order valence-electron chi connectivity index (χ1n) is 6.49. The lowest BCUT2D eigenvalue weighted by Gasteiger charge is -2.21. The van der Waals surface area contributed by atoms with E-state index in [2.05, 4.69) is 5.10 Å². The zero-order valence-electron chi connectivity index (χ0n) is 12.3. The smallest absolute Gasteiger partial charge is 0.416 e. The van der Waals surface area contributed by atoms with E-state index in [1.165, 1.54) is 18.3 Å². The lowest BCUT2D eigenvalue weighted by Crippen LogP contribution is -2.24. The molecule has 0 N–H and O–H groups in total. The molecule has 21 heavy (non-hydrogen) atoms. The van der Waals surface area contributed by atoms with Crippen molar-refractivity contribution in [2.45, 2.75) is 39.4 Å². The SMILES string of the molecule is Cc1c(Oc2cccc(C(F)(F)F)c2)cnn1C(C)(C)C. The van der Waals surface area contributed by atoms with Gasteiger partial charge >= 0.3 is 6.18 Å². The Morgan fingerprint density at radius 2 is 1.81 bits per heavy atom. The van der Waals surface area contributed by atoms with Crippen molar-refractivity contribution in [1.82, 2.24) is 9.78 Å². The average molecular weight is 298 g/mol. The average Bonchev–Trinajstić information content (AvgIpc) is 2.70. The van der Waals surface area contributed by atoms with Crippen LogP contribution < -0.4 is 4.74 Å². The van der Waals surface area contributed by atoms with E-state index in [4.69, 9.17) is 4.74 Å². The quantitative estimate of drug-likeness (QED) is 0.799. The van der Waals surface area contributed by atoms with Crippen molar-refractivity contribution in [3.05, 3.63) is 41.7 Å². The van der Waals surface area contributed by atoms with Crippen LogP contribution in [0.25, 0.3) is 0 Å². The molecule has 0 unspecified atom stereocenters. The third-order valence-electron chi connectivity index (χ3n) is 2.99. The van der Waals surface area contributed by atoms with Crippen LogP contribution in [0.4, 0.5) is 13.2 Å². The largest absolute Gasteiger partial charge is 0.454 e. The number of hydrogen-bond acceptors (Lipinski definition) is 2. The molecule has 0 saturated carbocycles. The molecular weight excluding hydrogens is 281 g/mol. The lowest BCUT2D eigenvalue weighted by molar-refractivity contribution is -0.137. The summed E-state index contributed by atoms with van der Waals surface area (Å²) in [6.45, 7) is 7.78. The van der Waals surface area contributed by atoms with Gasteiger partial charge in [0, 0.05) is 0 Å². The first-order chi connectivity index (χ1) is 9.59. The van der Waals surface area contributed by atoms with E-state index in [0.717, 1.165) is 17.8 Å². The Morgan fingerprint density at radius 3 is 2.33 bits per heavy atom. The van der Waals surface area contributed by atoms with Gasteiger partial charge in [-0.15, -0.1) is 0 Å². The van der Waals surface area contributed by atoms with Gasteiger partial charge in [0.25, 0.3) is 0 Å². The fourth-order valence-corrected chi connectivity index (χ4v) is 2.03. The number of benzene rings is 1. The third-order valence-corrected chi connectivity index (χ3v) is 2.99. The summed E-state index contributed by atoms with van der Waals surface area (Å²) in [7, 11) is 0. The molecule has 0 aliphatic heterocycles. The fourth-order valence-electron chi connectivity index (χ4n) is 2.03. The van der Waals surface area contributed by atoms with Crippen molar-refractivity contribution in [3.8, 4) is 11.5 Å². The maximum absolute atomic E-state index is 12.7. The summed E-state index contributed by atoms with van der Waals surface area (Å²) < 4.78 is 45.3. The molecule has 0 radical (unpaired) electrons. The standard InChI is InChI=1S/C15H17F3N2O/c1-10-13(9-19-20(10)14(2,3)4)21-12-7-5-6-11(8-12)15(16,17)18/h5-9H,1-4H3. The molecule has 1 heterocycles. The number of alkyl halides is 3. The first-order valence-corrected chi connectivity index (χ1v) is 6.49. The second-order valence-corrected chi connectivity index (χ2v) is 5.80. The van der Waals surface area contributed by atoms with E-state index in [9.17, 15) is 13.2 Å². The Morgan fingerprint density at radius 1 is 1.14 bits per heavy atom. The van der Waals surface area contributed by atoms with Crippen LogP contribution in [0.1, 0.15) is 32.0 Å². The number of ether oxygens (including phenoxy) is 1. The molecule has 6 heteroatoms. The van der Waals surface area contributed by atoms with E-state index < -0.39 is 11.7 Å². The topological polar surface area (TPSA) is 27.1 Å². The van der Waals surface area contributed by atoms with E-state index >= 15 is 0 Å². The predicted octanol–water partition coefficient (Wildman–Crippen LogP) is 4.76. The molecule has 2 aromatic rings. The maximum atomic E-state index is 12.7. The van der Waals surface area contributed by atoms with Gasteiger partial charge in [0.1, 0.15) is 5.75 Å². The monoisotopic (exact) mass is 298 g/mol. The molecule has 0 atom stereocenters. The van der Waals surface area contributed by atoms with Gasteiger partial charge in [-0.25, -0.2) is 0 Å². The molecular formula is C15H17F3N2O. The van der Waals surface area contributed by atoms with Crippen LogP contribution in [0, 0.1) is 6.92 Å². The van der Waals surface area contributed by atoms with Crippen LogP contribution >= 0.6 is 0 Å². The zero-order chi connectivity index (χ0) is 15.8. The highest BCUT2D eigenvalue weighted by atomic mass is 19.4. The molecule has 114 valence electrons. The Kier molecular flexibility index (Phi) is 3.74. The highest BCUT2D eigenvalue weighted by Gasteiger charge is 2.30. The summed E-state index contributed by atoms with van der Waals surface area (Å²) >= 11 is 0. The van der Waals surface area contributed by atoms with E-state index in [0.29, 0.717) is 5.75 Å². The van der Waals surface area contributed by atoms with Crippen molar-refractivity contribution in [3.63, 3.8) is 0 Å². The second kappa shape index (κ2) is 5.09. The summed E-state index contributed by atoms with van der Waals surface area (Å²) in [6, 6.07) is 4.80. The lowest BCUT2D eigenvalue weighted by atomic mass is 10.1. The van der Waals surface area contributed by atoms with Crippen LogP contribution in [0.15, 0.2) is 30.5 Å². The Labute approximate surface area is 121 Å². The number of aromatic nitrogens is 2. The molecule has 0 aliphatic rings. The molecule has 1 aromatic carbocycles. The Bertz CT molecular complexity index is 639. The molecule has 0 amide bonds. The minimum Gasteiger partial charge on any atom is -0.454 e. The van der Waals surface area contributed by atoms with Crippen LogP contribution in [0.3, 0.4) is 0 Å². The van der Waals surface area contributed by atoms with Gasteiger partial charge in [-0.3, -0.25) is 4.68 Å². The summed E-state index contributed by atoms with van der Waals surface area (Å²) in [6.07, 6.45) is -2.87. The van der Waals surface area contributed by atoms with Crippen molar-refractivity contribution in [1.29, 1.82) is 0 Å². The summed E-state index contributed by atoms with van der Waals surface area (Å²) in [5.74, 6) is 0.589. The van der Waals surface area contributed by atoms with Crippen molar-refractivity contribution >= 4 is 0 Å². The van der Waals surface area contributed by atoms with Crippen molar-refractivity contribution in [2.24, 2.45) is 0 Å². The molecule has 0 bridgehead atoms. The molecule has 0 spiro atoms. The molecule has 0 aliphatic carbocycles. The van der Waals surface area contributed by atoms with E-state index in [1.807, 2.05) is 27.7 Å². The Hall–Kier alpha value is -1.98. The van der Waals surface area contributed by atoms with Crippen LogP contribution in [-0.4, -0.2) is 9.78 Å². The minimum atomic E-state index is -4.38. The predicted molar refractivity (Wildman–Crippen MR) is 73.5 cm³/mol. The van der Waals surface area contributed by atoms with Gasteiger partial charge in [-0.05, 0) is 45.9 Å². The molecule has 1 aromatic heterocycles. The molecule has 3 nitrogen and oxygen atoms in total. The van der Waals surface area contributed by atoms with Crippen molar-refractivity contribution in [2.75, 3.05) is 0 Å². The summed E-state index contributed by atoms with van der Waals surface area (Å²) in [5.41, 5.74) is -0.194. The first kappa shape index (κ1) is 15.4. The van der Waals surface area contributed by atoms with Crippen LogP contribution in [0.2, 0.25) is 0 Å². The third kappa shape index (κ3) is 3.37. The van der Waals surface area contributed by atoms with Crippen molar-refractivity contribution < 1.29 is 17.9 Å². The summed E-state index contributed by atoms with van der Waals surface area (Å²) in [5, 5.41) is 4.22. The normalized spacial score (nSPS) is 12.5. The number of nitrogens with zero attached hydrogens (tertiary/aromatic N) is 2. The molecule has 0 fully saturated rings. The Balaban J connectivity index is 2.30. The minimum absolute atomic E-state index is 0.140. The van der Waals surface area contributed by atoms with Gasteiger partial charge in [-0.2, -0.15) is 18.3 Å². The fraction of sp³-hybridized carbons (Fsp3) is 0.400. The van der Waals surface area contributed by atoms with Gasteiger partial charge in [0.15, 0.2) is 5.75 Å². The number of hydrogen-bond donors (Lipinski definition) is 0. The molecule has 2 rings (SSSR count). The summed E-state index contributed by atoms with van der Waals surface area (Å²) in [4.78, 5) is 0. The second-order valence-electron chi connectivity index (χ2n) is 5.80. The van der Waals surface area contributed by atoms with Gasteiger partial charge < -0.3 is 4.74 Å². The highest BCUT2D eigenvalue weighted by Crippen LogP contribution is 2.33. The number of halogens is 3. The zero-order valence-corrected chi connectivity index (χ0v) is 12.3. The van der Waals surface area contributed by atoms with Gasteiger partial charge in [-0.1, -0.05) is 6.07 Å². The van der Waals surface area contributed by atoms with E-state index in [1.54, 1.807) is 4.68 Å². The number of rotatable bonds is 2. The highest BCUT2D eigenvalue weighted by molar-refractivity contribution is 5.36. The van der Waals surface area contributed by atoms with Gasteiger partial charge in [0.2, 0.25) is 0 Å². The van der Waals surface area contributed by atoms with Gasteiger partial charge in [0.05, 0.1) is 23.0 Å². The van der Waals surface area contributed by atoms with Crippen LogP contribution in [0.5, 0.6) is 11.5 Å². The van der Waals surface area contributed by atoms with Crippen LogP contribution in [-0.2, 0) is 11.7 Å².